The van der Waals surface area contributed by atoms with Crippen LogP contribution in [-0.4, -0.2) is 7.11 Å². The van der Waals surface area contributed by atoms with Crippen LogP contribution in [0.5, 0.6) is 5.75 Å². The van der Waals surface area contributed by atoms with Crippen LogP contribution in [0.25, 0.3) is 10.8 Å². The second-order valence-electron chi connectivity index (χ2n) is 24.8. The summed E-state index contributed by atoms with van der Waals surface area (Å²) in [7, 11) is -8.70. The molecule has 11 rings (SSSR count). The first-order chi connectivity index (χ1) is 50.5. The van der Waals surface area contributed by atoms with Gasteiger partial charge in [-0.2, -0.15) is 101 Å². The van der Waals surface area contributed by atoms with Gasteiger partial charge in [0.25, 0.3) is 0 Å². The van der Waals surface area contributed by atoms with E-state index in [1.54, 1.807) is 52.0 Å². The fraction of sp³-hybridized carbons (Fsp3) is 0.200. The molecule has 588 valence electrons. The van der Waals surface area contributed by atoms with E-state index in [0.29, 0.717) is 41.0 Å². The Morgan fingerprint density at radius 3 is 0.709 bits per heavy atom. The Bertz CT molecular complexity index is 4820. The molecule has 11 aromatic carbocycles. The van der Waals surface area contributed by atoms with Crippen molar-refractivity contribution in [2.75, 3.05) is 7.11 Å². The fourth-order valence-corrected chi connectivity index (χ4v) is 10.9. The molecule has 0 aliphatic rings. The van der Waals surface area contributed by atoms with Crippen molar-refractivity contribution in [1.82, 2.24) is 0 Å². The molecular formula is C80H60F28OS. The summed E-state index contributed by atoms with van der Waals surface area (Å²) in [4.78, 5) is -2.43. The molecule has 11 aromatic rings. The first-order valence-corrected chi connectivity index (χ1v) is 33.8. The van der Waals surface area contributed by atoms with E-state index in [-0.39, 0.29) is 29.7 Å². The standard InChI is InChI=1S/C19H14F4.C16H11F7.C16H14F4O.C15H12F4.C14H9F9S/c1-13-9-11-15(12-10-13)18(20,21)19(22,23)17-8-4-6-14-5-2-3-7-16(14)17;1-10-2-4-11(5-3-10)14(17,18)15(19,20)12-6-8-13(9-7-12)16(21,22)23;1-11-3-5-12(6-4-11)15(17,18)16(19,20)13-7-9-14(21-2)10-8-13;1-11-7-9-13(10-8-11)15(18,19)14(16,17)12-5-3-2-4-6-12;15-13(16,10-4-2-1-3-5-10)14(17,18)11-6-8-12(9-7-11)24(19,20,21,22)23/h2-12H,1H3;2-9H,1H3;3-10H,1-2H3;2-10H,1H3;1-9H. The Labute approximate surface area is 611 Å². The van der Waals surface area contributed by atoms with Gasteiger partial charge < -0.3 is 4.74 Å². The second kappa shape index (κ2) is 31.3. The Hall–Kier alpha value is -10.1. The molecule has 0 aromatic heterocycles. The third-order valence-electron chi connectivity index (χ3n) is 16.7. The molecule has 0 aliphatic carbocycles. The van der Waals surface area contributed by atoms with Gasteiger partial charge in [0.05, 0.1) is 12.7 Å². The molecule has 0 spiro atoms. The molecule has 0 saturated heterocycles. The first-order valence-electron chi connectivity index (χ1n) is 31.8. The fourth-order valence-electron chi connectivity index (χ4n) is 10.2. The van der Waals surface area contributed by atoms with E-state index < -0.39 is 142 Å². The second-order valence-corrected chi connectivity index (χ2v) is 27.2. The highest BCUT2D eigenvalue weighted by Gasteiger charge is 2.67. The molecule has 110 heavy (non-hydrogen) atoms. The number of hydrogen-bond donors (Lipinski definition) is 0. The van der Waals surface area contributed by atoms with Crippen LogP contribution in [0, 0.1) is 27.7 Å². The van der Waals surface area contributed by atoms with Crippen LogP contribution in [0.2, 0.25) is 0 Å². The minimum absolute atomic E-state index is 0.0793. The molecule has 0 radical (unpaired) electrons. The molecule has 1 nitrogen and oxygen atoms in total. The average Bonchev–Trinajstić information content (AvgIpc) is 0.722. The minimum Gasteiger partial charge on any atom is -0.497 e. The number of rotatable bonds is 17. The molecule has 0 N–H and O–H groups in total. The third-order valence-corrected chi connectivity index (χ3v) is 17.9. The van der Waals surface area contributed by atoms with Crippen LogP contribution < -0.4 is 4.74 Å². The van der Waals surface area contributed by atoms with E-state index in [9.17, 15) is 120 Å². The van der Waals surface area contributed by atoms with Crippen molar-refractivity contribution >= 4 is 21.0 Å². The summed E-state index contributed by atoms with van der Waals surface area (Å²) in [5.74, 6) is -44.2. The van der Waals surface area contributed by atoms with E-state index in [1.165, 1.54) is 104 Å². The van der Waals surface area contributed by atoms with Crippen LogP contribution in [0.3, 0.4) is 0 Å². The highest BCUT2D eigenvalue weighted by Crippen LogP contribution is 3.02. The van der Waals surface area contributed by atoms with Crippen LogP contribution >= 0.6 is 10.2 Å². The van der Waals surface area contributed by atoms with Gasteiger partial charge in [-0.1, -0.05) is 266 Å². The SMILES string of the molecule is COc1ccc(C(F)(F)C(F)(F)c2ccc(C)cc2)cc1.Cc1ccc(C(F)(F)C(F)(F)c2ccc(C(F)(F)F)cc2)cc1.Cc1ccc(C(F)(F)C(F)(F)c2cccc3ccccc23)cc1.Cc1ccc(C(F)(F)C(F)(F)c2ccccc2)cc1.FC(F)(c1ccccc1)C(F)(F)c1ccc(S(F)(F)(F)(F)F)cc1. The van der Waals surface area contributed by atoms with Gasteiger partial charge in [0, 0.05) is 55.6 Å². The molecule has 0 unspecified atom stereocenters. The highest BCUT2D eigenvalue weighted by molar-refractivity contribution is 8.45. The Morgan fingerprint density at radius 2 is 0.436 bits per heavy atom. The quantitative estimate of drug-likeness (QED) is 0.0826. The van der Waals surface area contributed by atoms with Gasteiger partial charge in [0.2, 0.25) is 0 Å². The molecular weight excluding hydrogens is 1540 g/mol. The normalized spacial score (nSPS) is 13.5. The summed E-state index contributed by atoms with van der Waals surface area (Å²) >= 11 is 0. The van der Waals surface area contributed by atoms with Crippen LogP contribution in [-0.2, 0) is 65.4 Å². The summed E-state index contributed by atoms with van der Waals surface area (Å²) in [5.41, 5.74) is -7.25. The van der Waals surface area contributed by atoms with Gasteiger partial charge in [-0.15, -0.1) is 0 Å². The van der Waals surface area contributed by atoms with Crippen molar-refractivity contribution < 1.29 is 125 Å². The Balaban J connectivity index is 0.000000192. The minimum atomic E-state index is -10.1. The first kappa shape index (κ1) is 87.1. The molecule has 30 heteroatoms. The number of halogens is 28. The van der Waals surface area contributed by atoms with Crippen LogP contribution in [0.1, 0.15) is 83.5 Å². The predicted molar refractivity (Wildman–Crippen MR) is 363 cm³/mol. The van der Waals surface area contributed by atoms with Crippen molar-refractivity contribution in [3.05, 3.63) is 356 Å². The van der Waals surface area contributed by atoms with Gasteiger partial charge in [0.15, 0.2) is 0 Å². The van der Waals surface area contributed by atoms with E-state index in [0.717, 1.165) is 120 Å². The zero-order chi connectivity index (χ0) is 82.4. The predicted octanol–water partition coefficient (Wildman–Crippen LogP) is 28.9. The zero-order valence-electron chi connectivity index (χ0n) is 57.4. The summed E-state index contributed by atoms with van der Waals surface area (Å²) in [6, 6.07) is 45.2. The van der Waals surface area contributed by atoms with Gasteiger partial charge >= 0.3 is 75.6 Å². The van der Waals surface area contributed by atoms with Crippen molar-refractivity contribution in [3.63, 3.8) is 0 Å². The van der Waals surface area contributed by atoms with Crippen molar-refractivity contribution in [1.29, 1.82) is 0 Å². The number of alkyl halides is 23. The smallest absolute Gasteiger partial charge is 0.416 e. The molecule has 0 saturated carbocycles. The third kappa shape index (κ3) is 19.0. The number of fused-ring (bicyclic) bond motifs is 1. The molecule has 0 aliphatic heterocycles. The van der Waals surface area contributed by atoms with Crippen molar-refractivity contribution in [3.8, 4) is 5.75 Å². The lowest BCUT2D eigenvalue weighted by molar-refractivity contribution is -0.223. The van der Waals surface area contributed by atoms with Crippen LogP contribution in [0.4, 0.5) is 120 Å². The van der Waals surface area contributed by atoms with Gasteiger partial charge in [-0.25, -0.2) is 0 Å². The van der Waals surface area contributed by atoms with Gasteiger partial charge in [-0.05, 0) is 87.0 Å². The molecule has 0 amide bonds. The maximum Gasteiger partial charge on any atom is 0.416 e. The number of aryl methyl sites for hydroxylation is 4. The van der Waals surface area contributed by atoms with E-state index in [2.05, 4.69) is 0 Å². The topological polar surface area (TPSA) is 9.23 Å². The lowest BCUT2D eigenvalue weighted by atomic mass is 9.92. The largest absolute Gasteiger partial charge is 0.497 e. The van der Waals surface area contributed by atoms with Crippen molar-refractivity contribution in [2.24, 2.45) is 0 Å². The van der Waals surface area contributed by atoms with Gasteiger partial charge in [-0.3, -0.25) is 0 Å². The summed E-state index contributed by atoms with van der Waals surface area (Å²) < 4.78 is 388. The summed E-state index contributed by atoms with van der Waals surface area (Å²) in [5, 5.41) is 0.635. The lowest BCUT2D eigenvalue weighted by Crippen LogP contribution is -2.35. The maximum absolute atomic E-state index is 14.7. The maximum atomic E-state index is 14.7. The van der Waals surface area contributed by atoms with Crippen molar-refractivity contribution in [2.45, 2.75) is 98.0 Å². The summed E-state index contributed by atoms with van der Waals surface area (Å²) in [6.07, 6.45) is -4.73. The Morgan fingerprint density at radius 1 is 0.218 bits per heavy atom. The lowest BCUT2D eigenvalue weighted by Gasteiger charge is -2.40. The summed E-state index contributed by atoms with van der Waals surface area (Å²) in [6.45, 7) is 6.72. The molecule has 0 fully saturated rings. The zero-order valence-corrected chi connectivity index (χ0v) is 58.2. The van der Waals surface area contributed by atoms with Crippen LogP contribution in [0.15, 0.2) is 278 Å². The highest BCUT2D eigenvalue weighted by atomic mass is 32.5. The number of benzene rings is 11. The van der Waals surface area contributed by atoms with E-state index in [1.807, 2.05) is 0 Å². The average molecular weight is 1600 g/mol. The molecule has 0 heterocycles. The number of methoxy groups -OCH3 is 1. The van der Waals surface area contributed by atoms with Gasteiger partial charge in [0.1, 0.15) is 10.6 Å². The Kier molecular flexibility index (Phi) is 24.8. The molecule has 0 bridgehead atoms. The molecule has 0 atom stereocenters. The van der Waals surface area contributed by atoms with E-state index in [4.69, 9.17) is 4.74 Å². The number of hydrogen-bond acceptors (Lipinski definition) is 1. The van der Waals surface area contributed by atoms with E-state index >= 15 is 0 Å². The monoisotopic (exact) mass is 1600 g/mol. The number of ether oxygens (including phenoxy) is 1.